The molecule has 0 atom stereocenters. The van der Waals surface area contributed by atoms with Gasteiger partial charge in [0.1, 0.15) is 0 Å². The molecule has 0 saturated carbocycles. The van der Waals surface area contributed by atoms with Crippen molar-refractivity contribution in [2.45, 2.75) is 50.8 Å². The molecule has 5 heteroatoms. The molecule has 0 aliphatic carbocycles. The molecule has 0 aliphatic heterocycles. The van der Waals surface area contributed by atoms with Crippen LogP contribution >= 0.6 is 11.3 Å². The van der Waals surface area contributed by atoms with Crippen LogP contribution in [0.2, 0.25) is 17.3 Å². The van der Waals surface area contributed by atoms with E-state index >= 15 is 0 Å². The van der Waals surface area contributed by atoms with E-state index in [9.17, 15) is 0 Å². The fourth-order valence-corrected chi connectivity index (χ4v) is 11.3. The van der Waals surface area contributed by atoms with E-state index in [4.69, 9.17) is 4.11 Å². The maximum Gasteiger partial charge on any atom is 0 e. The van der Waals surface area contributed by atoms with E-state index in [-0.39, 0.29) is 20.1 Å². The van der Waals surface area contributed by atoms with Gasteiger partial charge in [-0.25, -0.2) is 0 Å². The van der Waals surface area contributed by atoms with Crippen LogP contribution in [0.15, 0.2) is 134 Å². The first-order valence-electron chi connectivity index (χ1n) is 19.2. The van der Waals surface area contributed by atoms with E-state index in [1.165, 1.54) is 46.8 Å². The minimum Gasteiger partial charge on any atom is 0 e. The standard InChI is InChI=1S/C26H20NS.C22H24GeN.Ir/c1-17(2)19-12-13-27-24(15-19)21-8-10-22-23-14-20(18-6-4-3-5-7-18)9-11-25(23)28-26(22)16-21;1-16-11-12-19(14-20(16)18-9-7-6-8-10-18)22-13-17(2)21(15-24-22)23(3,4)5;/h3-7,9-17H,1-2H3;6-11,13-15H,1-5H3;/q2*-1;/i;1D3;. The smallest absolute Gasteiger partial charge is 0 e. The van der Waals surface area contributed by atoms with Crippen molar-refractivity contribution in [2.24, 2.45) is 0 Å². The first kappa shape index (κ1) is 34.6. The molecule has 0 fully saturated rings. The summed E-state index contributed by atoms with van der Waals surface area (Å²) in [4.78, 5) is 9.26. The van der Waals surface area contributed by atoms with Crippen LogP contribution in [-0.4, -0.2) is 23.2 Å². The molecule has 267 valence electrons. The van der Waals surface area contributed by atoms with Gasteiger partial charge in [0.15, 0.2) is 0 Å². The van der Waals surface area contributed by atoms with Crippen LogP contribution in [0, 0.1) is 25.9 Å². The molecular formula is C48H44GeIrN2S-2. The number of fused-ring (bicyclic) bond motifs is 3. The summed E-state index contributed by atoms with van der Waals surface area (Å²) >= 11 is -0.125. The van der Waals surface area contributed by atoms with Crippen LogP contribution in [0.5, 0.6) is 0 Å². The number of pyridine rings is 2. The molecule has 0 spiro atoms. The summed E-state index contributed by atoms with van der Waals surface area (Å²) in [6, 6.07) is 47.8. The molecule has 0 aliphatic rings. The minimum atomic E-state index is -2.19. The van der Waals surface area contributed by atoms with Gasteiger partial charge in [-0.3, -0.25) is 0 Å². The van der Waals surface area contributed by atoms with Gasteiger partial charge in [-0.05, 0) is 45.0 Å². The van der Waals surface area contributed by atoms with Gasteiger partial charge in [-0.1, -0.05) is 73.3 Å². The van der Waals surface area contributed by atoms with Crippen molar-refractivity contribution in [1.29, 1.82) is 0 Å². The second-order valence-corrected chi connectivity index (χ2v) is 26.3. The van der Waals surface area contributed by atoms with Crippen LogP contribution in [0.3, 0.4) is 0 Å². The van der Waals surface area contributed by atoms with E-state index in [1.807, 2.05) is 60.1 Å². The number of thiophene rings is 1. The van der Waals surface area contributed by atoms with Gasteiger partial charge in [-0.2, -0.15) is 11.3 Å². The molecule has 5 aromatic carbocycles. The van der Waals surface area contributed by atoms with Gasteiger partial charge < -0.3 is 4.98 Å². The molecule has 0 unspecified atom stereocenters. The number of hydrogen-bond acceptors (Lipinski definition) is 3. The molecule has 0 N–H and O–H groups in total. The van der Waals surface area contributed by atoms with Crippen LogP contribution in [-0.2, 0) is 20.1 Å². The molecule has 0 amide bonds. The van der Waals surface area contributed by atoms with Gasteiger partial charge in [-0.15, -0.1) is 23.8 Å². The predicted octanol–water partition coefficient (Wildman–Crippen LogP) is 13.1. The Morgan fingerprint density at radius 1 is 0.660 bits per heavy atom. The summed E-state index contributed by atoms with van der Waals surface area (Å²) in [5.74, 6) is 7.56. The molecule has 0 saturated heterocycles. The summed E-state index contributed by atoms with van der Waals surface area (Å²) in [6.45, 7) is 4.36. The largest absolute Gasteiger partial charge is 0 e. The number of benzene rings is 5. The van der Waals surface area contributed by atoms with E-state index < -0.39 is 20.1 Å². The van der Waals surface area contributed by atoms with Gasteiger partial charge in [0, 0.05) is 31.0 Å². The molecule has 2 nitrogen and oxygen atoms in total. The van der Waals surface area contributed by atoms with Crippen molar-refractivity contribution in [1.82, 2.24) is 9.97 Å². The Balaban J connectivity index is 0.000000187. The van der Waals surface area contributed by atoms with Crippen molar-refractivity contribution in [3.63, 3.8) is 0 Å². The molecule has 1 radical (unpaired) electrons. The van der Waals surface area contributed by atoms with Crippen molar-refractivity contribution >= 4 is 49.2 Å². The molecular weight excluding hydrogens is 901 g/mol. The first-order chi connectivity index (χ1) is 26.3. The average molecular weight is 949 g/mol. The minimum absolute atomic E-state index is 0. The first-order valence-corrected chi connectivity index (χ1v) is 25.9. The molecule has 53 heavy (non-hydrogen) atoms. The molecule has 0 bridgehead atoms. The summed E-state index contributed by atoms with van der Waals surface area (Å²) in [7, 11) is 0. The number of aryl methyl sites for hydroxylation is 2. The zero-order valence-corrected chi connectivity index (χ0v) is 36.2. The van der Waals surface area contributed by atoms with Gasteiger partial charge in [0.25, 0.3) is 0 Å². The third-order valence-electron chi connectivity index (χ3n) is 9.47. The van der Waals surface area contributed by atoms with Gasteiger partial charge in [0.05, 0.1) is 0 Å². The number of rotatable bonds is 6. The SMILES string of the molecule is CC(C)c1ccnc(-c2[c-]cc3c(c2)sc2ccc(-c4ccccc4)cc23)c1.[2H]C([2H])([2H])c1c[c-]c(-c2cc(C)[c]([Ge]([CH3])([CH3])[CH3])cn2)cc1-c1ccccc1.[Ir]. The topological polar surface area (TPSA) is 25.8 Å². The van der Waals surface area contributed by atoms with Crippen LogP contribution in [0.1, 0.15) is 40.6 Å². The van der Waals surface area contributed by atoms with E-state index in [0.29, 0.717) is 17.0 Å². The Hall–Kier alpha value is -4.19. The Bertz CT molecular complexity index is 2610. The zero-order chi connectivity index (χ0) is 38.9. The number of hydrogen-bond donors (Lipinski definition) is 0. The second kappa shape index (κ2) is 16.4. The Morgan fingerprint density at radius 3 is 2.02 bits per heavy atom. The molecule has 8 rings (SSSR count). The van der Waals surface area contributed by atoms with Crippen LogP contribution < -0.4 is 4.40 Å². The maximum absolute atomic E-state index is 7.87. The Kier molecular flexibility index (Phi) is 10.7. The summed E-state index contributed by atoms with van der Waals surface area (Å²) in [5.41, 5.74) is 10.7. The van der Waals surface area contributed by atoms with E-state index in [0.717, 1.165) is 28.1 Å². The zero-order valence-electron chi connectivity index (χ0n) is 33.9. The molecule has 3 aromatic heterocycles. The molecule has 8 aromatic rings. The summed E-state index contributed by atoms with van der Waals surface area (Å²) < 4.78 is 27.6. The average Bonchev–Trinajstić information content (AvgIpc) is 3.55. The van der Waals surface area contributed by atoms with Crippen LogP contribution in [0.25, 0.3) is 64.9 Å². The fourth-order valence-electron chi connectivity index (χ4n) is 6.61. The number of nitrogens with zero attached hydrogens (tertiary/aromatic N) is 2. The maximum atomic E-state index is 7.87. The monoisotopic (exact) mass is 950 g/mol. The van der Waals surface area contributed by atoms with Gasteiger partial charge in [0.2, 0.25) is 0 Å². The van der Waals surface area contributed by atoms with Gasteiger partial charge >= 0.3 is 152 Å². The van der Waals surface area contributed by atoms with E-state index in [2.05, 4.69) is 139 Å². The van der Waals surface area contributed by atoms with Crippen molar-refractivity contribution in [3.05, 3.63) is 163 Å². The Labute approximate surface area is 339 Å². The quantitative estimate of drug-likeness (QED) is 0.123. The van der Waals surface area contributed by atoms with E-state index in [1.54, 1.807) is 6.07 Å². The third-order valence-corrected chi connectivity index (χ3v) is 15.1. The normalized spacial score (nSPS) is 12.4. The molecule has 3 heterocycles. The van der Waals surface area contributed by atoms with Crippen LogP contribution in [0.4, 0.5) is 0 Å². The Morgan fingerprint density at radius 2 is 1.34 bits per heavy atom. The number of aromatic nitrogens is 2. The van der Waals surface area contributed by atoms with Crippen molar-refractivity contribution < 1.29 is 24.2 Å². The summed E-state index contributed by atoms with van der Waals surface area (Å²) in [5, 5.41) is 2.56. The third kappa shape index (κ3) is 8.63. The van der Waals surface area contributed by atoms with Crippen molar-refractivity contribution in [3.8, 4) is 44.8 Å². The fraction of sp³-hybridized carbons (Fsp3) is 0.167. The van der Waals surface area contributed by atoms with Crippen molar-refractivity contribution in [2.75, 3.05) is 0 Å². The predicted molar refractivity (Wildman–Crippen MR) is 227 cm³/mol. The summed E-state index contributed by atoms with van der Waals surface area (Å²) in [6.07, 6.45) is 3.90. The second-order valence-electron chi connectivity index (χ2n) is 14.6.